The molecule has 2 heterocycles. The Morgan fingerprint density at radius 1 is 1.30 bits per heavy atom. The highest BCUT2D eigenvalue weighted by Gasteiger charge is 2.11. The first kappa shape index (κ1) is 12.9. The summed E-state index contributed by atoms with van der Waals surface area (Å²) in [6, 6.07) is 7.35. The summed E-state index contributed by atoms with van der Waals surface area (Å²) in [5, 5.41) is 10.4. The van der Waals surface area contributed by atoms with Crippen LogP contribution in [0.2, 0.25) is 0 Å². The van der Waals surface area contributed by atoms with Crippen molar-refractivity contribution < 1.29 is 5.21 Å². The summed E-state index contributed by atoms with van der Waals surface area (Å²) in [6.45, 7) is 0. The minimum atomic E-state index is -0.142. The van der Waals surface area contributed by atoms with E-state index in [9.17, 15) is 4.79 Å². The van der Waals surface area contributed by atoms with Crippen molar-refractivity contribution in [3.05, 3.63) is 51.5 Å². The highest BCUT2D eigenvalue weighted by molar-refractivity contribution is 9.10. The maximum Gasteiger partial charge on any atom is 0.264 e. The highest BCUT2D eigenvalue weighted by Crippen LogP contribution is 2.22. The molecule has 1 aromatic carbocycles. The lowest BCUT2D eigenvalue weighted by atomic mass is 10.2. The van der Waals surface area contributed by atoms with Crippen LogP contribution in [0.25, 0.3) is 16.6 Å². The molecule has 0 radical (unpaired) electrons. The van der Waals surface area contributed by atoms with Gasteiger partial charge in [0.25, 0.3) is 5.56 Å². The Morgan fingerprint density at radius 3 is 2.80 bits per heavy atom. The van der Waals surface area contributed by atoms with Crippen LogP contribution >= 0.6 is 15.9 Å². The Labute approximate surface area is 122 Å². The van der Waals surface area contributed by atoms with E-state index < -0.39 is 0 Å². The summed E-state index contributed by atoms with van der Waals surface area (Å²) in [5.41, 5.74) is 1.84. The number of halogens is 1. The second kappa shape index (κ2) is 4.77. The molecule has 0 saturated carbocycles. The Kier molecular flexibility index (Phi) is 3.07. The normalized spacial score (nSPS) is 10.9. The van der Waals surface area contributed by atoms with Crippen LogP contribution in [0.4, 0.5) is 5.95 Å². The molecule has 0 aliphatic rings. The van der Waals surface area contributed by atoms with Gasteiger partial charge in [-0.25, -0.2) is 10.5 Å². The average molecular weight is 335 g/mol. The van der Waals surface area contributed by atoms with Crippen LogP contribution in [-0.4, -0.2) is 19.3 Å². The minimum absolute atomic E-state index is 0.142. The van der Waals surface area contributed by atoms with Gasteiger partial charge in [0.05, 0.1) is 6.20 Å². The van der Waals surface area contributed by atoms with Gasteiger partial charge in [0, 0.05) is 28.5 Å². The maximum absolute atomic E-state index is 12.5. The van der Waals surface area contributed by atoms with Crippen LogP contribution < -0.4 is 11.0 Å². The smallest absolute Gasteiger partial charge is 0.264 e. The third kappa shape index (κ3) is 1.83. The third-order valence-electron chi connectivity index (χ3n) is 3.20. The summed E-state index contributed by atoms with van der Waals surface area (Å²) in [6.07, 6.45) is 3.21. The van der Waals surface area contributed by atoms with Gasteiger partial charge in [0.2, 0.25) is 5.95 Å². The number of nitrogens with zero attached hydrogens (tertiary/aromatic N) is 3. The number of aromatic nitrogens is 3. The number of benzene rings is 1. The van der Waals surface area contributed by atoms with Crippen molar-refractivity contribution in [2.45, 2.75) is 0 Å². The van der Waals surface area contributed by atoms with Crippen LogP contribution in [0.1, 0.15) is 0 Å². The van der Waals surface area contributed by atoms with E-state index in [4.69, 9.17) is 5.21 Å². The standard InChI is InChI=1S/C13H11BrN4O2/c1-17-11(7-15-13(17)16-20)18-6-5-8-9(12(18)19)3-2-4-10(8)14/h2-7,20H,1H3,(H,15,16). The fourth-order valence-corrected chi connectivity index (χ4v) is 2.65. The van der Waals surface area contributed by atoms with E-state index in [1.165, 1.54) is 10.8 Å². The number of imidazole rings is 1. The number of fused-ring (bicyclic) bond motifs is 1. The van der Waals surface area contributed by atoms with Gasteiger partial charge in [-0.3, -0.25) is 19.1 Å². The van der Waals surface area contributed by atoms with E-state index in [1.807, 2.05) is 23.7 Å². The number of hydrogen-bond donors (Lipinski definition) is 2. The van der Waals surface area contributed by atoms with Crippen molar-refractivity contribution in [1.82, 2.24) is 14.1 Å². The molecule has 2 aromatic heterocycles. The van der Waals surface area contributed by atoms with E-state index in [2.05, 4.69) is 20.9 Å². The Balaban J connectivity index is 2.30. The Bertz CT molecular complexity index is 853. The maximum atomic E-state index is 12.5. The van der Waals surface area contributed by atoms with Crippen LogP contribution in [0.5, 0.6) is 0 Å². The molecule has 6 nitrogen and oxygen atoms in total. The second-order valence-electron chi connectivity index (χ2n) is 4.30. The predicted molar refractivity (Wildman–Crippen MR) is 79.4 cm³/mol. The van der Waals surface area contributed by atoms with Crippen molar-refractivity contribution in [3.63, 3.8) is 0 Å². The quantitative estimate of drug-likeness (QED) is 0.705. The van der Waals surface area contributed by atoms with Crippen molar-refractivity contribution in [2.24, 2.45) is 7.05 Å². The summed E-state index contributed by atoms with van der Waals surface area (Å²) >= 11 is 3.43. The van der Waals surface area contributed by atoms with Gasteiger partial charge in [0.1, 0.15) is 5.82 Å². The Hall–Kier alpha value is -2.12. The average Bonchev–Trinajstić information content (AvgIpc) is 2.81. The molecule has 0 saturated heterocycles. The topological polar surface area (TPSA) is 72.1 Å². The summed E-state index contributed by atoms with van der Waals surface area (Å²) < 4.78 is 3.95. The summed E-state index contributed by atoms with van der Waals surface area (Å²) in [5.74, 6) is 0.828. The number of anilines is 1. The molecule has 7 heteroatoms. The molecular weight excluding hydrogens is 324 g/mol. The first-order chi connectivity index (χ1) is 9.63. The number of pyridine rings is 1. The van der Waals surface area contributed by atoms with E-state index >= 15 is 0 Å². The summed E-state index contributed by atoms with van der Waals surface area (Å²) in [7, 11) is 1.71. The number of hydrogen-bond acceptors (Lipinski definition) is 4. The molecule has 3 aromatic rings. The van der Waals surface area contributed by atoms with Gasteiger partial charge in [-0.05, 0) is 18.2 Å². The minimum Gasteiger partial charge on any atom is -0.298 e. The Morgan fingerprint density at radius 2 is 2.10 bits per heavy atom. The van der Waals surface area contributed by atoms with Gasteiger partial charge in [-0.15, -0.1) is 0 Å². The van der Waals surface area contributed by atoms with Gasteiger partial charge in [-0.1, -0.05) is 22.0 Å². The van der Waals surface area contributed by atoms with Crippen LogP contribution in [0, 0.1) is 0 Å². The lowest BCUT2D eigenvalue weighted by Crippen LogP contribution is -2.20. The monoisotopic (exact) mass is 334 g/mol. The number of rotatable bonds is 2. The fourth-order valence-electron chi connectivity index (χ4n) is 2.15. The molecule has 0 spiro atoms. The molecule has 102 valence electrons. The van der Waals surface area contributed by atoms with Crippen LogP contribution in [0.15, 0.2) is 45.9 Å². The van der Waals surface area contributed by atoms with Crippen LogP contribution in [-0.2, 0) is 7.05 Å². The first-order valence-electron chi connectivity index (χ1n) is 5.85. The van der Waals surface area contributed by atoms with E-state index in [0.717, 1.165) is 9.86 Å². The largest absolute Gasteiger partial charge is 0.298 e. The number of nitrogens with one attached hydrogen (secondary N) is 1. The summed E-state index contributed by atoms with van der Waals surface area (Å²) in [4.78, 5) is 16.5. The SMILES string of the molecule is Cn1c(-n2ccc3c(Br)cccc3c2=O)cnc1NO. The molecule has 0 amide bonds. The lowest BCUT2D eigenvalue weighted by Gasteiger charge is -2.09. The molecule has 0 aliphatic carbocycles. The van der Waals surface area contributed by atoms with Crippen molar-refractivity contribution in [2.75, 3.05) is 5.48 Å². The molecule has 0 atom stereocenters. The molecule has 0 aliphatic heterocycles. The van der Waals surface area contributed by atoms with E-state index in [0.29, 0.717) is 11.2 Å². The zero-order valence-corrected chi connectivity index (χ0v) is 12.1. The molecule has 0 bridgehead atoms. The lowest BCUT2D eigenvalue weighted by molar-refractivity contribution is 0.379. The predicted octanol–water partition coefficient (Wildman–Crippen LogP) is 2.29. The van der Waals surface area contributed by atoms with E-state index in [1.54, 1.807) is 23.9 Å². The van der Waals surface area contributed by atoms with Crippen molar-refractivity contribution in [3.8, 4) is 5.82 Å². The fraction of sp³-hybridized carbons (Fsp3) is 0.0769. The molecule has 0 unspecified atom stereocenters. The third-order valence-corrected chi connectivity index (χ3v) is 3.89. The van der Waals surface area contributed by atoms with E-state index in [-0.39, 0.29) is 11.5 Å². The van der Waals surface area contributed by atoms with Gasteiger partial charge >= 0.3 is 0 Å². The van der Waals surface area contributed by atoms with Crippen molar-refractivity contribution in [1.29, 1.82) is 0 Å². The zero-order chi connectivity index (χ0) is 14.3. The van der Waals surface area contributed by atoms with Gasteiger partial charge in [0.15, 0.2) is 0 Å². The van der Waals surface area contributed by atoms with Crippen molar-refractivity contribution >= 4 is 32.7 Å². The molecular formula is C13H11BrN4O2. The van der Waals surface area contributed by atoms with Crippen LogP contribution in [0.3, 0.4) is 0 Å². The van der Waals surface area contributed by atoms with Gasteiger partial charge < -0.3 is 0 Å². The highest BCUT2D eigenvalue weighted by atomic mass is 79.9. The molecule has 0 fully saturated rings. The molecule has 2 N–H and O–H groups in total. The first-order valence-corrected chi connectivity index (χ1v) is 6.65. The zero-order valence-electron chi connectivity index (χ0n) is 10.5. The molecule has 3 rings (SSSR count). The van der Waals surface area contributed by atoms with Gasteiger partial charge in [-0.2, -0.15) is 0 Å². The molecule has 20 heavy (non-hydrogen) atoms. The second-order valence-corrected chi connectivity index (χ2v) is 5.16.